The summed E-state index contributed by atoms with van der Waals surface area (Å²) in [6, 6.07) is 17.0. The average Bonchev–Trinajstić information content (AvgIpc) is 3.24. The van der Waals surface area contributed by atoms with E-state index in [1.807, 2.05) is 36.0 Å². The summed E-state index contributed by atoms with van der Waals surface area (Å²) < 4.78 is 25.1. The molecule has 0 saturated carbocycles. The number of nitrogens with zero attached hydrogens (tertiary/aromatic N) is 3. The van der Waals surface area contributed by atoms with Crippen molar-refractivity contribution in [2.45, 2.75) is 31.5 Å². The van der Waals surface area contributed by atoms with E-state index >= 15 is 0 Å². The summed E-state index contributed by atoms with van der Waals surface area (Å²) in [5.41, 5.74) is 3.32. The molecule has 3 rings (SSSR count). The fourth-order valence-electron chi connectivity index (χ4n) is 2.99. The van der Waals surface area contributed by atoms with E-state index in [2.05, 4.69) is 32.9 Å². The number of aliphatic imine (C=N–C) groups is 1. The number of rotatable bonds is 8. The number of guanidine groups is 1. The molecule has 0 fully saturated rings. The number of halogens is 1. The van der Waals surface area contributed by atoms with Crippen LogP contribution in [0, 0.1) is 0 Å². The number of benzene rings is 2. The molecule has 0 atom stereocenters. The lowest BCUT2D eigenvalue weighted by Gasteiger charge is -2.14. The maximum atomic E-state index is 11.6. The molecular formula is C22H28IN5O2S. The predicted octanol–water partition coefficient (Wildman–Crippen LogP) is 3.21. The largest absolute Gasteiger partial charge is 0.357 e. The fourth-order valence-corrected chi connectivity index (χ4v) is 3.62. The van der Waals surface area contributed by atoms with Crippen LogP contribution in [0.4, 0.5) is 0 Å². The summed E-state index contributed by atoms with van der Waals surface area (Å²) in [6.07, 6.45) is 4.93. The van der Waals surface area contributed by atoms with Crippen LogP contribution in [0.5, 0.6) is 0 Å². The third kappa shape index (κ3) is 7.66. The standard InChI is InChI=1S/C22H27N5O2S.HI/c1-3-23-22(24-15-18-9-11-21(12-10-18)30(2,28)29)25-16-19-7-4-5-8-20(19)17-27-14-6-13-26-27;/h4-14H,3,15-17H2,1-2H3,(H2,23,24,25);1H. The van der Waals surface area contributed by atoms with Gasteiger partial charge in [0.25, 0.3) is 0 Å². The van der Waals surface area contributed by atoms with Gasteiger partial charge in [0.05, 0.1) is 18.0 Å². The molecule has 0 aliphatic rings. The van der Waals surface area contributed by atoms with Gasteiger partial charge < -0.3 is 10.6 Å². The molecular weight excluding hydrogens is 525 g/mol. The van der Waals surface area contributed by atoms with E-state index in [0.717, 1.165) is 12.1 Å². The Morgan fingerprint density at radius 2 is 1.74 bits per heavy atom. The van der Waals surface area contributed by atoms with E-state index in [0.29, 0.717) is 30.5 Å². The number of sulfone groups is 1. The van der Waals surface area contributed by atoms with Crippen LogP contribution in [0.1, 0.15) is 23.6 Å². The second-order valence-corrected chi connectivity index (χ2v) is 8.95. The quantitative estimate of drug-likeness (QED) is 0.254. The van der Waals surface area contributed by atoms with Crippen molar-refractivity contribution in [2.75, 3.05) is 12.8 Å². The van der Waals surface area contributed by atoms with Gasteiger partial charge in [0.15, 0.2) is 15.8 Å². The summed E-state index contributed by atoms with van der Waals surface area (Å²) in [5, 5.41) is 10.9. The van der Waals surface area contributed by atoms with Crippen molar-refractivity contribution in [1.82, 2.24) is 20.4 Å². The lowest BCUT2D eigenvalue weighted by molar-refractivity contribution is 0.602. The first kappa shape index (κ1) is 24.9. The average molecular weight is 553 g/mol. The van der Waals surface area contributed by atoms with Gasteiger partial charge in [-0.1, -0.05) is 36.4 Å². The highest BCUT2D eigenvalue weighted by Gasteiger charge is 2.07. The van der Waals surface area contributed by atoms with Gasteiger partial charge in [0, 0.05) is 31.7 Å². The third-order valence-corrected chi connectivity index (χ3v) is 5.70. The Hall–Kier alpha value is -2.40. The lowest BCUT2D eigenvalue weighted by atomic mass is 10.1. The Bertz CT molecular complexity index is 1080. The first-order chi connectivity index (χ1) is 14.5. The van der Waals surface area contributed by atoms with Gasteiger partial charge in [0.1, 0.15) is 0 Å². The van der Waals surface area contributed by atoms with Crippen molar-refractivity contribution in [2.24, 2.45) is 4.99 Å². The number of aromatic nitrogens is 2. The second-order valence-electron chi connectivity index (χ2n) is 6.94. The van der Waals surface area contributed by atoms with E-state index < -0.39 is 9.84 Å². The van der Waals surface area contributed by atoms with Crippen molar-refractivity contribution in [3.05, 3.63) is 83.7 Å². The third-order valence-electron chi connectivity index (χ3n) is 4.57. The summed E-state index contributed by atoms with van der Waals surface area (Å²) in [7, 11) is -3.19. The molecule has 0 bridgehead atoms. The lowest BCUT2D eigenvalue weighted by Crippen LogP contribution is -2.37. The first-order valence-electron chi connectivity index (χ1n) is 9.81. The minimum absolute atomic E-state index is 0. The minimum Gasteiger partial charge on any atom is -0.357 e. The SMILES string of the molecule is CCNC(=NCc1ccc(S(C)(=O)=O)cc1)NCc1ccccc1Cn1cccn1.I. The van der Waals surface area contributed by atoms with Gasteiger partial charge in [0.2, 0.25) is 0 Å². The van der Waals surface area contributed by atoms with Crippen LogP contribution >= 0.6 is 24.0 Å². The van der Waals surface area contributed by atoms with Gasteiger partial charge in [-0.3, -0.25) is 4.68 Å². The van der Waals surface area contributed by atoms with Gasteiger partial charge >= 0.3 is 0 Å². The fraction of sp³-hybridized carbons (Fsp3) is 0.273. The van der Waals surface area contributed by atoms with Crippen molar-refractivity contribution >= 4 is 39.8 Å². The topological polar surface area (TPSA) is 88.4 Å². The minimum atomic E-state index is -3.19. The van der Waals surface area contributed by atoms with Crippen molar-refractivity contribution < 1.29 is 8.42 Å². The van der Waals surface area contributed by atoms with E-state index in [1.54, 1.807) is 30.5 Å². The van der Waals surface area contributed by atoms with Crippen LogP contribution in [0.25, 0.3) is 0 Å². The summed E-state index contributed by atoms with van der Waals surface area (Å²) in [4.78, 5) is 4.94. The molecule has 2 N–H and O–H groups in total. The molecule has 2 aromatic carbocycles. The van der Waals surface area contributed by atoms with Crippen LogP contribution < -0.4 is 10.6 Å². The molecule has 3 aromatic rings. The zero-order valence-corrected chi connectivity index (χ0v) is 20.8. The molecule has 166 valence electrons. The molecule has 0 amide bonds. The molecule has 0 spiro atoms. The number of hydrogen-bond donors (Lipinski definition) is 2. The van der Waals surface area contributed by atoms with E-state index in [1.165, 1.54) is 17.4 Å². The Morgan fingerprint density at radius 3 is 2.35 bits per heavy atom. The van der Waals surface area contributed by atoms with Gasteiger partial charge in [-0.25, -0.2) is 13.4 Å². The number of hydrogen-bond acceptors (Lipinski definition) is 4. The molecule has 0 unspecified atom stereocenters. The van der Waals surface area contributed by atoms with E-state index in [-0.39, 0.29) is 24.0 Å². The molecule has 9 heteroatoms. The summed E-state index contributed by atoms with van der Waals surface area (Å²) in [5.74, 6) is 0.707. The monoisotopic (exact) mass is 553 g/mol. The zero-order chi connectivity index (χ0) is 21.4. The Kier molecular flexibility index (Phi) is 9.50. The normalized spacial score (nSPS) is 11.6. The Labute approximate surface area is 200 Å². The van der Waals surface area contributed by atoms with E-state index in [4.69, 9.17) is 0 Å². The molecule has 0 saturated heterocycles. The molecule has 0 aliphatic carbocycles. The van der Waals surface area contributed by atoms with Crippen LogP contribution in [0.2, 0.25) is 0 Å². The molecule has 0 radical (unpaired) electrons. The van der Waals surface area contributed by atoms with Crippen molar-refractivity contribution in [1.29, 1.82) is 0 Å². The second kappa shape index (κ2) is 11.8. The van der Waals surface area contributed by atoms with Crippen LogP contribution in [-0.4, -0.2) is 37.0 Å². The van der Waals surface area contributed by atoms with E-state index in [9.17, 15) is 8.42 Å². The van der Waals surface area contributed by atoms with Crippen LogP contribution in [0.15, 0.2) is 76.9 Å². The Morgan fingerprint density at radius 1 is 1.03 bits per heavy atom. The number of nitrogens with one attached hydrogen (secondary N) is 2. The molecule has 7 nitrogen and oxygen atoms in total. The van der Waals surface area contributed by atoms with Crippen molar-refractivity contribution in [3.8, 4) is 0 Å². The molecule has 31 heavy (non-hydrogen) atoms. The zero-order valence-electron chi connectivity index (χ0n) is 17.7. The van der Waals surface area contributed by atoms with Gasteiger partial charge in [-0.05, 0) is 41.8 Å². The molecule has 1 heterocycles. The summed E-state index contributed by atoms with van der Waals surface area (Å²) >= 11 is 0. The van der Waals surface area contributed by atoms with Crippen molar-refractivity contribution in [3.63, 3.8) is 0 Å². The predicted molar refractivity (Wildman–Crippen MR) is 134 cm³/mol. The first-order valence-corrected chi connectivity index (χ1v) is 11.7. The smallest absolute Gasteiger partial charge is 0.191 e. The highest BCUT2D eigenvalue weighted by molar-refractivity contribution is 14.0. The van der Waals surface area contributed by atoms with Gasteiger partial charge in [-0.2, -0.15) is 5.10 Å². The molecule has 1 aromatic heterocycles. The maximum Gasteiger partial charge on any atom is 0.191 e. The van der Waals surface area contributed by atoms with Crippen LogP contribution in [-0.2, 0) is 29.5 Å². The highest BCUT2D eigenvalue weighted by atomic mass is 127. The summed E-state index contributed by atoms with van der Waals surface area (Å²) in [6.45, 7) is 4.56. The van der Waals surface area contributed by atoms with Crippen LogP contribution in [0.3, 0.4) is 0 Å². The molecule has 0 aliphatic heterocycles. The van der Waals surface area contributed by atoms with Gasteiger partial charge in [-0.15, -0.1) is 24.0 Å². The maximum absolute atomic E-state index is 11.6. The Balaban J connectivity index is 0.00000341. The highest BCUT2D eigenvalue weighted by Crippen LogP contribution is 2.12.